The molecular weight excluding hydrogens is 291 g/mol. The molecule has 1 aliphatic heterocycles. The van der Waals surface area contributed by atoms with Gasteiger partial charge in [0, 0.05) is 13.1 Å². The lowest BCUT2D eigenvalue weighted by atomic mass is 9.97. The van der Waals surface area contributed by atoms with Crippen molar-refractivity contribution in [2.45, 2.75) is 12.8 Å². The molecule has 1 aromatic heterocycles. The van der Waals surface area contributed by atoms with Gasteiger partial charge in [-0.3, -0.25) is 9.59 Å². The lowest BCUT2D eigenvalue weighted by Crippen LogP contribution is -2.40. The lowest BCUT2D eigenvalue weighted by Gasteiger charge is -2.30. The Morgan fingerprint density at radius 1 is 1.26 bits per heavy atom. The molecule has 2 rings (SSSR count). The van der Waals surface area contributed by atoms with Crippen molar-refractivity contribution < 1.29 is 14.7 Å². The summed E-state index contributed by atoms with van der Waals surface area (Å²) in [6.45, 7) is 0.778. The molecule has 0 aromatic carbocycles. The molecule has 0 saturated carbocycles. The molecule has 0 spiro atoms. The second-order valence-corrected chi connectivity index (χ2v) is 5.16. The van der Waals surface area contributed by atoms with Gasteiger partial charge in [-0.15, -0.1) is 0 Å². The largest absolute Gasteiger partial charge is 0.481 e. The summed E-state index contributed by atoms with van der Waals surface area (Å²) in [4.78, 5) is 28.6. The molecular formula is C12H12Cl2N2O3. The maximum atomic E-state index is 12.2. The molecule has 1 aliphatic rings. The number of likely N-dealkylation sites (tertiary alicyclic amines) is 1. The zero-order valence-corrected chi connectivity index (χ0v) is 11.5. The van der Waals surface area contributed by atoms with Crippen LogP contribution in [0.4, 0.5) is 0 Å². The maximum Gasteiger partial charge on any atom is 0.306 e. The SMILES string of the molecule is O=C(O)C1CCN(C(=O)c2nc(Cl)ccc2Cl)CC1. The number of carbonyl (C=O) groups is 2. The third-order valence-corrected chi connectivity index (χ3v) is 3.66. The van der Waals surface area contributed by atoms with Gasteiger partial charge in [0.1, 0.15) is 10.8 Å². The molecule has 19 heavy (non-hydrogen) atoms. The van der Waals surface area contributed by atoms with Crippen LogP contribution in [-0.4, -0.2) is 40.0 Å². The number of piperidine rings is 1. The first kappa shape index (κ1) is 14.1. The number of rotatable bonds is 2. The second-order valence-electron chi connectivity index (χ2n) is 4.37. The molecule has 1 aromatic rings. The summed E-state index contributed by atoms with van der Waals surface area (Å²) in [5.41, 5.74) is 0.114. The summed E-state index contributed by atoms with van der Waals surface area (Å²) >= 11 is 11.7. The van der Waals surface area contributed by atoms with Crippen LogP contribution in [0.25, 0.3) is 0 Å². The zero-order valence-electron chi connectivity index (χ0n) is 9.97. The van der Waals surface area contributed by atoms with E-state index in [1.165, 1.54) is 12.1 Å². The first-order valence-corrected chi connectivity index (χ1v) is 6.58. The molecule has 102 valence electrons. The molecule has 2 heterocycles. The first-order valence-electron chi connectivity index (χ1n) is 5.83. The topological polar surface area (TPSA) is 70.5 Å². The van der Waals surface area contributed by atoms with Gasteiger partial charge in [0.05, 0.1) is 10.9 Å². The predicted octanol–water partition coefficient (Wildman–Crippen LogP) is 2.33. The first-order chi connectivity index (χ1) is 8.99. The van der Waals surface area contributed by atoms with Crippen molar-refractivity contribution >= 4 is 35.1 Å². The number of carboxylic acid groups (broad SMARTS) is 1. The average Bonchev–Trinajstić information content (AvgIpc) is 2.41. The zero-order chi connectivity index (χ0) is 14.0. The van der Waals surface area contributed by atoms with Gasteiger partial charge >= 0.3 is 5.97 Å². The summed E-state index contributed by atoms with van der Waals surface area (Å²) in [5.74, 6) is -1.51. The van der Waals surface area contributed by atoms with Crippen LogP contribution >= 0.6 is 23.2 Å². The third-order valence-electron chi connectivity index (χ3n) is 3.15. The fraction of sp³-hybridized carbons (Fsp3) is 0.417. The molecule has 0 radical (unpaired) electrons. The Balaban J connectivity index is 2.09. The van der Waals surface area contributed by atoms with E-state index >= 15 is 0 Å². The van der Waals surface area contributed by atoms with Crippen LogP contribution in [0.15, 0.2) is 12.1 Å². The summed E-state index contributed by atoms with van der Waals surface area (Å²) in [6, 6.07) is 3.03. The van der Waals surface area contributed by atoms with Crippen LogP contribution in [0.1, 0.15) is 23.3 Å². The van der Waals surface area contributed by atoms with Crippen molar-refractivity contribution in [1.82, 2.24) is 9.88 Å². The Hall–Kier alpha value is -1.33. The maximum absolute atomic E-state index is 12.2. The molecule has 1 amide bonds. The van der Waals surface area contributed by atoms with E-state index in [1.54, 1.807) is 4.90 Å². The van der Waals surface area contributed by atoms with Gasteiger partial charge in [-0.25, -0.2) is 4.98 Å². The van der Waals surface area contributed by atoms with Crippen molar-refractivity contribution in [3.05, 3.63) is 28.0 Å². The van der Waals surface area contributed by atoms with E-state index < -0.39 is 5.97 Å². The second kappa shape index (κ2) is 5.75. The van der Waals surface area contributed by atoms with Crippen molar-refractivity contribution in [1.29, 1.82) is 0 Å². The standard InChI is InChI=1S/C12H12Cl2N2O3/c13-8-1-2-9(14)15-10(8)11(17)16-5-3-7(4-6-16)12(18)19/h1-2,7H,3-6H2,(H,18,19). The van der Waals surface area contributed by atoms with E-state index in [0.717, 1.165) is 0 Å². The number of carbonyl (C=O) groups excluding carboxylic acids is 1. The van der Waals surface area contributed by atoms with Crippen LogP contribution in [0.5, 0.6) is 0 Å². The van der Waals surface area contributed by atoms with Crippen LogP contribution < -0.4 is 0 Å². The summed E-state index contributed by atoms with van der Waals surface area (Å²) in [5, 5.41) is 9.35. The fourth-order valence-electron chi connectivity index (χ4n) is 2.05. The summed E-state index contributed by atoms with van der Waals surface area (Å²) in [6.07, 6.45) is 0.887. The molecule has 0 bridgehead atoms. The van der Waals surface area contributed by atoms with Gasteiger partial charge in [-0.1, -0.05) is 23.2 Å². The molecule has 1 N–H and O–H groups in total. The molecule has 1 saturated heterocycles. The Kier molecular flexibility index (Phi) is 4.27. The number of nitrogens with zero attached hydrogens (tertiary/aromatic N) is 2. The van der Waals surface area contributed by atoms with Gasteiger partial charge in [-0.05, 0) is 25.0 Å². The number of aliphatic carboxylic acids is 1. The highest BCUT2D eigenvalue weighted by atomic mass is 35.5. The molecule has 0 unspecified atom stereocenters. The summed E-state index contributed by atoms with van der Waals surface area (Å²) in [7, 11) is 0. The van der Waals surface area contributed by atoms with E-state index in [2.05, 4.69) is 4.98 Å². The number of aromatic nitrogens is 1. The number of pyridine rings is 1. The van der Waals surface area contributed by atoms with Crippen molar-refractivity contribution in [3.8, 4) is 0 Å². The van der Waals surface area contributed by atoms with Gasteiger partial charge in [0.25, 0.3) is 5.91 Å². The van der Waals surface area contributed by atoms with E-state index in [-0.39, 0.29) is 27.7 Å². The number of carboxylic acids is 1. The van der Waals surface area contributed by atoms with Crippen molar-refractivity contribution in [2.75, 3.05) is 13.1 Å². The lowest BCUT2D eigenvalue weighted by molar-refractivity contribution is -0.143. The van der Waals surface area contributed by atoms with Gasteiger partial charge in [-0.2, -0.15) is 0 Å². The molecule has 7 heteroatoms. The number of halogens is 2. The highest BCUT2D eigenvalue weighted by Crippen LogP contribution is 2.22. The van der Waals surface area contributed by atoms with Crippen LogP contribution in [0, 0.1) is 5.92 Å². The fourth-order valence-corrected chi connectivity index (χ4v) is 2.38. The van der Waals surface area contributed by atoms with Gasteiger partial charge in [0.15, 0.2) is 0 Å². The van der Waals surface area contributed by atoms with Crippen molar-refractivity contribution in [3.63, 3.8) is 0 Å². The Bertz CT molecular complexity index is 514. The minimum absolute atomic E-state index is 0.114. The van der Waals surface area contributed by atoms with Crippen molar-refractivity contribution in [2.24, 2.45) is 5.92 Å². The molecule has 0 atom stereocenters. The van der Waals surface area contributed by atoms with E-state index in [4.69, 9.17) is 28.3 Å². The highest BCUT2D eigenvalue weighted by Gasteiger charge is 2.28. The average molecular weight is 303 g/mol. The Labute approximate surface area is 120 Å². The number of hydrogen-bond donors (Lipinski definition) is 1. The summed E-state index contributed by atoms with van der Waals surface area (Å²) < 4.78 is 0. The predicted molar refractivity (Wildman–Crippen MR) is 70.5 cm³/mol. The van der Waals surface area contributed by atoms with E-state index in [0.29, 0.717) is 25.9 Å². The van der Waals surface area contributed by atoms with Crippen LogP contribution in [0.3, 0.4) is 0 Å². The Morgan fingerprint density at radius 3 is 2.47 bits per heavy atom. The monoisotopic (exact) mass is 302 g/mol. The minimum atomic E-state index is -0.814. The van der Waals surface area contributed by atoms with Gasteiger partial charge < -0.3 is 10.0 Å². The molecule has 0 aliphatic carbocycles. The third kappa shape index (κ3) is 3.16. The van der Waals surface area contributed by atoms with Gasteiger partial charge in [0.2, 0.25) is 0 Å². The number of amides is 1. The normalized spacial score (nSPS) is 16.4. The van der Waals surface area contributed by atoms with E-state index in [9.17, 15) is 9.59 Å². The Morgan fingerprint density at radius 2 is 1.89 bits per heavy atom. The van der Waals surface area contributed by atoms with Crippen LogP contribution in [0.2, 0.25) is 10.2 Å². The number of hydrogen-bond acceptors (Lipinski definition) is 3. The minimum Gasteiger partial charge on any atom is -0.481 e. The highest BCUT2D eigenvalue weighted by molar-refractivity contribution is 6.34. The molecule has 1 fully saturated rings. The molecule has 5 nitrogen and oxygen atoms in total. The van der Waals surface area contributed by atoms with E-state index in [1.807, 2.05) is 0 Å². The quantitative estimate of drug-likeness (QED) is 0.851. The smallest absolute Gasteiger partial charge is 0.306 e. The van der Waals surface area contributed by atoms with Crippen LogP contribution in [-0.2, 0) is 4.79 Å².